The molecule has 0 spiro atoms. The number of amides is 2. The van der Waals surface area contributed by atoms with Crippen molar-refractivity contribution in [2.75, 3.05) is 11.9 Å². The second-order valence-electron chi connectivity index (χ2n) is 11.0. The van der Waals surface area contributed by atoms with Crippen LogP contribution >= 0.6 is 0 Å². The predicted molar refractivity (Wildman–Crippen MR) is 146 cm³/mol. The van der Waals surface area contributed by atoms with E-state index in [1.807, 2.05) is 38.1 Å². The van der Waals surface area contributed by atoms with Crippen molar-refractivity contribution in [3.8, 4) is 11.1 Å². The highest BCUT2D eigenvalue weighted by Crippen LogP contribution is 2.46. The van der Waals surface area contributed by atoms with E-state index in [1.54, 1.807) is 19.2 Å². The highest BCUT2D eigenvalue weighted by molar-refractivity contribution is 6.01. The lowest BCUT2D eigenvalue weighted by atomic mass is 9.62. The fraction of sp³-hybridized carbons (Fsp3) is 0.517. The van der Waals surface area contributed by atoms with Crippen molar-refractivity contribution >= 4 is 17.5 Å². The molecule has 2 saturated carbocycles. The zero-order valence-corrected chi connectivity index (χ0v) is 22.4. The van der Waals surface area contributed by atoms with Gasteiger partial charge in [0.2, 0.25) is 5.91 Å². The van der Waals surface area contributed by atoms with E-state index < -0.39 is 6.04 Å². The van der Waals surface area contributed by atoms with E-state index in [1.165, 1.54) is 17.5 Å². The molecule has 2 amide bonds. The number of carbonyl (C=O) groups excluding carboxylic acids is 2. The smallest absolute Gasteiger partial charge is 0.270 e. The predicted octanol–water partition coefficient (Wildman–Crippen LogP) is 4.40. The number of H-pyrrole nitrogens is 1. The minimum atomic E-state index is -0.649. The maximum atomic E-state index is 13.8. The SMILES string of the molecule is Cc1n[nH]c(C)c1-c1ccc(NC(=O)[C@@H](NC(=O)c2ccnn2C(C)CO)C(C2CCC2)C2CCC2)cc1. The van der Waals surface area contributed by atoms with Crippen molar-refractivity contribution in [3.63, 3.8) is 0 Å². The zero-order valence-electron chi connectivity index (χ0n) is 22.4. The van der Waals surface area contributed by atoms with Crippen LogP contribution in [0.4, 0.5) is 5.69 Å². The molecule has 0 saturated heterocycles. The Morgan fingerprint density at radius 3 is 2.26 bits per heavy atom. The molecule has 2 aromatic heterocycles. The number of aliphatic hydroxyl groups is 1. The molecule has 2 fully saturated rings. The first-order valence-electron chi connectivity index (χ1n) is 13.8. The molecule has 202 valence electrons. The first-order chi connectivity index (χ1) is 18.4. The monoisotopic (exact) mass is 518 g/mol. The van der Waals surface area contributed by atoms with Crippen LogP contribution in [0.5, 0.6) is 0 Å². The number of aliphatic hydroxyl groups excluding tert-OH is 1. The molecule has 2 aliphatic carbocycles. The van der Waals surface area contributed by atoms with E-state index in [-0.39, 0.29) is 30.4 Å². The number of aromatic nitrogens is 4. The number of benzene rings is 1. The van der Waals surface area contributed by atoms with Crippen LogP contribution in [0.2, 0.25) is 0 Å². The fourth-order valence-corrected chi connectivity index (χ4v) is 5.97. The average Bonchev–Trinajstić information content (AvgIpc) is 3.46. The quantitative estimate of drug-likeness (QED) is 0.317. The standard InChI is InChI=1S/C29H38N6O3/c1-17(16-36)35-24(14-15-30-35)28(37)32-27(26(20-6-4-7-20)21-8-5-9-21)29(38)31-23-12-10-22(11-13-23)25-18(2)33-34-19(25)3/h10-15,17,20-21,26-27,36H,4-9,16H2,1-3H3,(H,31,38)(H,32,37)(H,33,34)/t17?,27-/m0/s1. The van der Waals surface area contributed by atoms with Gasteiger partial charge in [0.05, 0.1) is 18.3 Å². The molecule has 5 rings (SSSR count). The molecule has 0 bridgehead atoms. The zero-order chi connectivity index (χ0) is 26.8. The second kappa shape index (κ2) is 11.1. The number of hydrogen-bond donors (Lipinski definition) is 4. The third-order valence-corrected chi connectivity index (χ3v) is 8.50. The lowest BCUT2D eigenvalue weighted by Gasteiger charge is -2.46. The summed E-state index contributed by atoms with van der Waals surface area (Å²) >= 11 is 0. The van der Waals surface area contributed by atoms with Gasteiger partial charge < -0.3 is 15.7 Å². The molecule has 1 aromatic carbocycles. The topological polar surface area (TPSA) is 125 Å². The van der Waals surface area contributed by atoms with Gasteiger partial charge >= 0.3 is 0 Å². The normalized spacial score (nSPS) is 17.5. The Balaban J connectivity index is 1.39. The third kappa shape index (κ3) is 5.12. The number of anilines is 1. The van der Waals surface area contributed by atoms with Crippen molar-refractivity contribution < 1.29 is 14.7 Å². The molecule has 4 N–H and O–H groups in total. The number of carbonyl (C=O) groups is 2. The number of aromatic amines is 1. The minimum Gasteiger partial charge on any atom is -0.394 e. The molecule has 2 aliphatic rings. The van der Waals surface area contributed by atoms with Gasteiger partial charge in [-0.05, 0) is 62.3 Å². The van der Waals surface area contributed by atoms with Crippen LogP contribution in [0.3, 0.4) is 0 Å². The fourth-order valence-electron chi connectivity index (χ4n) is 5.97. The molecular formula is C29H38N6O3. The first kappa shape index (κ1) is 26.2. The first-order valence-corrected chi connectivity index (χ1v) is 13.8. The van der Waals surface area contributed by atoms with Crippen LogP contribution in [-0.2, 0) is 4.79 Å². The Morgan fingerprint density at radius 1 is 1.08 bits per heavy atom. The Morgan fingerprint density at radius 2 is 1.74 bits per heavy atom. The second-order valence-corrected chi connectivity index (χ2v) is 11.0. The van der Waals surface area contributed by atoms with Crippen LogP contribution in [-0.4, -0.2) is 49.5 Å². The van der Waals surface area contributed by atoms with Gasteiger partial charge in [-0.1, -0.05) is 50.7 Å². The molecule has 9 nitrogen and oxygen atoms in total. The highest BCUT2D eigenvalue weighted by atomic mass is 16.3. The van der Waals surface area contributed by atoms with Gasteiger partial charge in [-0.3, -0.25) is 19.4 Å². The summed E-state index contributed by atoms with van der Waals surface area (Å²) in [5.41, 5.74) is 5.07. The molecule has 1 unspecified atom stereocenters. The Hall–Kier alpha value is -3.46. The number of aryl methyl sites for hydroxylation is 2. The van der Waals surface area contributed by atoms with Crippen molar-refractivity contribution in [2.45, 2.75) is 71.4 Å². The van der Waals surface area contributed by atoms with E-state index >= 15 is 0 Å². The van der Waals surface area contributed by atoms with E-state index in [9.17, 15) is 14.7 Å². The summed E-state index contributed by atoms with van der Waals surface area (Å²) in [6, 6.07) is 8.42. The highest BCUT2D eigenvalue weighted by Gasteiger charge is 2.44. The van der Waals surface area contributed by atoms with Gasteiger partial charge in [-0.25, -0.2) is 0 Å². The number of nitrogens with zero attached hydrogens (tertiary/aromatic N) is 3. The summed E-state index contributed by atoms with van der Waals surface area (Å²) in [6.07, 6.45) is 8.28. The molecule has 9 heteroatoms. The molecule has 2 atom stereocenters. The van der Waals surface area contributed by atoms with Gasteiger partial charge in [0.25, 0.3) is 5.91 Å². The molecule has 0 aliphatic heterocycles. The van der Waals surface area contributed by atoms with Crippen molar-refractivity contribution in [1.29, 1.82) is 0 Å². The minimum absolute atomic E-state index is 0.101. The summed E-state index contributed by atoms with van der Waals surface area (Å²) in [5, 5.41) is 27.3. The van der Waals surface area contributed by atoms with Crippen molar-refractivity contribution in [1.82, 2.24) is 25.3 Å². The van der Waals surface area contributed by atoms with Crippen LogP contribution in [0.1, 0.15) is 73.4 Å². The molecule has 2 heterocycles. The summed E-state index contributed by atoms with van der Waals surface area (Å²) in [5.74, 6) is 0.447. The molecule has 38 heavy (non-hydrogen) atoms. The van der Waals surface area contributed by atoms with E-state index in [2.05, 4.69) is 25.9 Å². The van der Waals surface area contributed by atoms with Gasteiger partial charge in [0.1, 0.15) is 11.7 Å². The third-order valence-electron chi connectivity index (χ3n) is 8.50. The van der Waals surface area contributed by atoms with Gasteiger partial charge in [0.15, 0.2) is 0 Å². The van der Waals surface area contributed by atoms with Crippen molar-refractivity contribution in [2.24, 2.45) is 17.8 Å². The van der Waals surface area contributed by atoms with Crippen molar-refractivity contribution in [3.05, 3.63) is 53.6 Å². The van der Waals surface area contributed by atoms with Gasteiger partial charge in [0, 0.05) is 23.1 Å². The van der Waals surface area contributed by atoms with Gasteiger partial charge in [-0.15, -0.1) is 0 Å². The van der Waals surface area contributed by atoms with E-state index in [4.69, 9.17) is 0 Å². The van der Waals surface area contributed by atoms with Gasteiger partial charge in [-0.2, -0.15) is 10.2 Å². The Labute approximate surface area is 223 Å². The average molecular weight is 519 g/mol. The molecule has 0 radical (unpaired) electrons. The lowest BCUT2D eigenvalue weighted by Crippen LogP contribution is -2.55. The maximum Gasteiger partial charge on any atom is 0.270 e. The summed E-state index contributed by atoms with van der Waals surface area (Å²) in [6.45, 7) is 5.63. The number of rotatable bonds is 10. The van der Waals surface area contributed by atoms with Crippen LogP contribution in [0.25, 0.3) is 11.1 Å². The Bertz CT molecular complexity index is 1240. The van der Waals surface area contributed by atoms with Crippen LogP contribution < -0.4 is 10.6 Å². The summed E-state index contributed by atoms with van der Waals surface area (Å²) in [7, 11) is 0. The number of hydrogen-bond acceptors (Lipinski definition) is 5. The maximum absolute atomic E-state index is 13.8. The lowest BCUT2D eigenvalue weighted by molar-refractivity contribution is -0.121. The summed E-state index contributed by atoms with van der Waals surface area (Å²) in [4.78, 5) is 27.3. The van der Waals surface area contributed by atoms with Crippen LogP contribution in [0, 0.1) is 31.6 Å². The Kier molecular flexibility index (Phi) is 7.65. The number of nitrogens with one attached hydrogen (secondary N) is 3. The molecule has 3 aromatic rings. The van der Waals surface area contributed by atoms with E-state index in [0.717, 1.165) is 48.2 Å². The summed E-state index contributed by atoms with van der Waals surface area (Å²) < 4.78 is 1.52. The van der Waals surface area contributed by atoms with Crippen LogP contribution in [0.15, 0.2) is 36.5 Å². The largest absolute Gasteiger partial charge is 0.394 e. The molecular weight excluding hydrogens is 480 g/mol. The van der Waals surface area contributed by atoms with E-state index in [0.29, 0.717) is 23.2 Å².